The molecule has 0 atom stereocenters. The van der Waals surface area contributed by atoms with Gasteiger partial charge in [0.15, 0.2) is 11.0 Å². The number of benzene rings is 2. The first-order chi connectivity index (χ1) is 13.1. The Hall–Kier alpha value is -2.64. The van der Waals surface area contributed by atoms with Gasteiger partial charge in [0.1, 0.15) is 11.6 Å². The molecule has 0 spiro atoms. The number of halogens is 2. The van der Waals surface area contributed by atoms with Crippen molar-refractivity contribution in [2.45, 2.75) is 17.8 Å². The molecule has 4 aromatic rings. The summed E-state index contributed by atoms with van der Waals surface area (Å²) in [6, 6.07) is 15.6. The van der Waals surface area contributed by atoms with Crippen LogP contribution in [0.5, 0.6) is 0 Å². The molecule has 2 aromatic carbocycles. The van der Waals surface area contributed by atoms with Gasteiger partial charge in [0.05, 0.1) is 16.4 Å². The van der Waals surface area contributed by atoms with Crippen LogP contribution in [0.1, 0.15) is 11.5 Å². The fraction of sp³-hybridized carbons (Fsp3) is 0.105. The van der Waals surface area contributed by atoms with Gasteiger partial charge >= 0.3 is 0 Å². The van der Waals surface area contributed by atoms with Crippen LogP contribution in [-0.2, 0) is 5.75 Å². The zero-order chi connectivity index (χ0) is 18.8. The second kappa shape index (κ2) is 7.54. The number of hydrogen-bond acceptors (Lipinski definition) is 5. The minimum absolute atomic E-state index is 0.358. The molecule has 0 radical (unpaired) electrons. The first kappa shape index (κ1) is 17.8. The predicted octanol–water partition coefficient (Wildman–Crippen LogP) is 5.32. The summed E-state index contributed by atoms with van der Waals surface area (Å²) in [6.07, 6.45) is 0. The molecule has 0 bridgehead atoms. The molecule has 0 saturated heterocycles. The van der Waals surface area contributed by atoms with E-state index < -0.39 is 0 Å². The van der Waals surface area contributed by atoms with E-state index in [9.17, 15) is 4.39 Å². The van der Waals surface area contributed by atoms with Crippen molar-refractivity contribution >= 4 is 23.4 Å². The molecule has 27 heavy (non-hydrogen) atoms. The van der Waals surface area contributed by atoms with Gasteiger partial charge in [-0.1, -0.05) is 52.8 Å². The van der Waals surface area contributed by atoms with E-state index in [0.29, 0.717) is 33.0 Å². The molecule has 8 heteroatoms. The van der Waals surface area contributed by atoms with Crippen LogP contribution in [0.2, 0.25) is 5.02 Å². The molecule has 5 nitrogen and oxygen atoms in total. The lowest BCUT2D eigenvalue weighted by molar-refractivity contribution is 0.393. The lowest BCUT2D eigenvalue weighted by Gasteiger charge is -2.11. The van der Waals surface area contributed by atoms with Crippen LogP contribution in [0.4, 0.5) is 4.39 Å². The maximum atomic E-state index is 14.5. The number of hydrogen-bond donors (Lipinski definition) is 0. The second-order valence-corrected chi connectivity index (χ2v) is 7.14. The van der Waals surface area contributed by atoms with Gasteiger partial charge < -0.3 is 4.52 Å². The van der Waals surface area contributed by atoms with Crippen molar-refractivity contribution in [2.75, 3.05) is 0 Å². The Morgan fingerprint density at radius 3 is 2.63 bits per heavy atom. The minimum Gasteiger partial charge on any atom is -0.361 e. The maximum absolute atomic E-state index is 14.5. The fourth-order valence-electron chi connectivity index (χ4n) is 2.66. The molecule has 2 heterocycles. The normalized spacial score (nSPS) is 11.1. The van der Waals surface area contributed by atoms with Crippen LogP contribution in [0, 0.1) is 12.7 Å². The monoisotopic (exact) mass is 400 g/mol. The topological polar surface area (TPSA) is 56.7 Å². The zero-order valence-electron chi connectivity index (χ0n) is 14.3. The van der Waals surface area contributed by atoms with Crippen LogP contribution < -0.4 is 0 Å². The summed E-state index contributed by atoms with van der Waals surface area (Å²) in [5, 5.41) is 13.6. The molecule has 0 unspecified atom stereocenters. The molecule has 2 aromatic heterocycles. The van der Waals surface area contributed by atoms with E-state index in [4.69, 9.17) is 16.1 Å². The van der Waals surface area contributed by atoms with Gasteiger partial charge in [0, 0.05) is 17.4 Å². The molecular formula is C19H14ClFN4OS. The third-order valence-corrected chi connectivity index (χ3v) is 5.16. The van der Waals surface area contributed by atoms with Gasteiger partial charge in [-0.15, -0.1) is 10.2 Å². The Morgan fingerprint density at radius 1 is 1.11 bits per heavy atom. The second-order valence-electron chi connectivity index (χ2n) is 5.79. The Kier molecular flexibility index (Phi) is 4.96. The first-order valence-corrected chi connectivity index (χ1v) is 9.50. The fourth-order valence-corrected chi connectivity index (χ4v) is 3.70. The predicted molar refractivity (Wildman–Crippen MR) is 103 cm³/mol. The average molecular weight is 401 g/mol. The van der Waals surface area contributed by atoms with E-state index in [2.05, 4.69) is 15.4 Å². The Bertz CT molecular complexity index is 1090. The van der Waals surface area contributed by atoms with E-state index in [1.165, 1.54) is 17.8 Å². The van der Waals surface area contributed by atoms with Gasteiger partial charge in [-0.05, 0) is 31.2 Å². The Morgan fingerprint density at radius 2 is 1.89 bits per heavy atom. The maximum Gasteiger partial charge on any atom is 0.196 e. The van der Waals surface area contributed by atoms with Crippen molar-refractivity contribution in [3.05, 3.63) is 76.9 Å². The highest BCUT2D eigenvalue weighted by atomic mass is 35.5. The molecule has 0 amide bonds. The van der Waals surface area contributed by atoms with Crippen LogP contribution >= 0.6 is 23.4 Å². The van der Waals surface area contributed by atoms with Gasteiger partial charge in [0.2, 0.25) is 0 Å². The van der Waals surface area contributed by atoms with Gasteiger partial charge in [-0.25, -0.2) is 4.39 Å². The first-order valence-electron chi connectivity index (χ1n) is 8.13. The molecule has 4 rings (SSSR count). The standard InChI is InChI=1S/C19H14ClFN4OS/c1-12-10-13(24-26-12)11-27-19-23-22-18(14-6-2-3-7-15(14)20)25(19)17-9-5-4-8-16(17)21/h2-10H,11H2,1H3. The highest BCUT2D eigenvalue weighted by Gasteiger charge is 2.20. The number of rotatable bonds is 5. The largest absolute Gasteiger partial charge is 0.361 e. The molecule has 0 saturated carbocycles. The SMILES string of the molecule is Cc1cc(CSc2nnc(-c3ccccc3Cl)n2-c2ccccc2F)no1. The molecule has 136 valence electrons. The van der Waals surface area contributed by atoms with E-state index in [-0.39, 0.29) is 5.82 Å². The molecule has 0 N–H and O–H groups in total. The quantitative estimate of drug-likeness (QED) is 0.424. The highest BCUT2D eigenvalue weighted by Crippen LogP contribution is 2.33. The van der Waals surface area contributed by atoms with E-state index in [1.807, 2.05) is 31.2 Å². The van der Waals surface area contributed by atoms with Crippen molar-refractivity contribution in [1.82, 2.24) is 19.9 Å². The van der Waals surface area contributed by atoms with Crippen LogP contribution in [0.25, 0.3) is 17.1 Å². The lowest BCUT2D eigenvalue weighted by atomic mass is 10.2. The summed E-state index contributed by atoms with van der Waals surface area (Å²) in [6.45, 7) is 1.83. The smallest absolute Gasteiger partial charge is 0.196 e. The van der Waals surface area contributed by atoms with Crippen molar-refractivity contribution in [2.24, 2.45) is 0 Å². The van der Waals surface area contributed by atoms with E-state index in [1.54, 1.807) is 28.8 Å². The third kappa shape index (κ3) is 3.61. The number of aryl methyl sites for hydroxylation is 1. The molecule has 0 aliphatic heterocycles. The number of aromatic nitrogens is 4. The van der Waals surface area contributed by atoms with E-state index in [0.717, 1.165) is 11.5 Å². The molecule has 0 fully saturated rings. The molecule has 0 aliphatic carbocycles. The summed E-state index contributed by atoms with van der Waals surface area (Å²) in [4.78, 5) is 0. The third-order valence-electron chi connectivity index (χ3n) is 3.87. The van der Waals surface area contributed by atoms with Crippen LogP contribution in [0.3, 0.4) is 0 Å². The summed E-state index contributed by atoms with van der Waals surface area (Å²) < 4.78 is 21.3. The highest BCUT2D eigenvalue weighted by molar-refractivity contribution is 7.98. The number of nitrogens with zero attached hydrogens (tertiary/aromatic N) is 4. The zero-order valence-corrected chi connectivity index (χ0v) is 15.8. The van der Waals surface area contributed by atoms with Crippen molar-refractivity contribution in [3.8, 4) is 17.1 Å². The lowest BCUT2D eigenvalue weighted by Crippen LogP contribution is -2.02. The summed E-state index contributed by atoms with van der Waals surface area (Å²) >= 11 is 7.73. The van der Waals surface area contributed by atoms with Crippen molar-refractivity contribution < 1.29 is 8.91 Å². The van der Waals surface area contributed by atoms with Gasteiger partial charge in [0.25, 0.3) is 0 Å². The average Bonchev–Trinajstić information content (AvgIpc) is 3.27. The van der Waals surface area contributed by atoms with Gasteiger partial charge in [-0.3, -0.25) is 4.57 Å². The number of thioether (sulfide) groups is 1. The van der Waals surface area contributed by atoms with Crippen LogP contribution in [0.15, 0.2) is 64.3 Å². The van der Waals surface area contributed by atoms with Crippen LogP contribution in [-0.4, -0.2) is 19.9 Å². The summed E-state index contributed by atoms with van der Waals surface area (Å²) in [5.74, 6) is 1.36. The minimum atomic E-state index is -0.371. The summed E-state index contributed by atoms with van der Waals surface area (Å²) in [5.41, 5.74) is 1.81. The molecular weight excluding hydrogens is 387 g/mol. The van der Waals surface area contributed by atoms with Gasteiger partial charge in [-0.2, -0.15) is 0 Å². The van der Waals surface area contributed by atoms with Crippen molar-refractivity contribution in [3.63, 3.8) is 0 Å². The Balaban J connectivity index is 1.80. The molecule has 0 aliphatic rings. The summed E-state index contributed by atoms with van der Waals surface area (Å²) in [7, 11) is 0. The Labute approximate surface area is 164 Å². The van der Waals surface area contributed by atoms with Crippen molar-refractivity contribution in [1.29, 1.82) is 0 Å². The van der Waals surface area contributed by atoms with E-state index >= 15 is 0 Å². The number of para-hydroxylation sites is 1.